The summed E-state index contributed by atoms with van der Waals surface area (Å²) < 4.78 is 0. The second-order valence-corrected chi connectivity index (χ2v) is 6.10. The van der Waals surface area contributed by atoms with Crippen LogP contribution in [0.1, 0.15) is 64.5 Å². The molecule has 0 saturated heterocycles. The number of anilines is 1. The Labute approximate surface area is 146 Å². The third-order valence-corrected chi connectivity index (χ3v) is 4.16. The molecule has 0 bridgehead atoms. The lowest BCUT2D eigenvalue weighted by Gasteiger charge is -2.20. The summed E-state index contributed by atoms with van der Waals surface area (Å²) in [5.74, 6) is -0.230. The Morgan fingerprint density at radius 2 is 1.80 bits per heavy atom. The summed E-state index contributed by atoms with van der Waals surface area (Å²) in [7, 11) is 0. The first kappa shape index (κ1) is 20.3. The van der Waals surface area contributed by atoms with Gasteiger partial charge in [0.25, 0.3) is 5.69 Å². The number of oxime groups is 1. The average Bonchev–Trinajstić information content (AvgIpc) is 2.56. The topological polar surface area (TPSA) is 131 Å². The molecular weight excluding hydrogens is 328 g/mol. The first-order valence-electron chi connectivity index (χ1n) is 8.14. The second-order valence-electron chi connectivity index (χ2n) is 6.10. The maximum absolute atomic E-state index is 11.8. The van der Waals surface area contributed by atoms with E-state index in [0.717, 1.165) is 0 Å². The van der Waals surface area contributed by atoms with Crippen LogP contribution in [-0.4, -0.2) is 26.8 Å². The zero-order valence-electron chi connectivity index (χ0n) is 15.1. The van der Waals surface area contributed by atoms with Crippen molar-refractivity contribution >= 4 is 22.8 Å². The molecule has 0 atom stereocenters. The highest BCUT2D eigenvalue weighted by Crippen LogP contribution is 2.42. The number of rotatable bonds is 8. The minimum absolute atomic E-state index is 0.0397. The SMILES string of the molecule is CCC(CC)Nc1c([N+](=O)[O-])cc(C(C)C)c(C(C)=NO)c1[N+](=O)[O-]. The quantitative estimate of drug-likeness (QED) is 0.308. The Bertz CT molecular complexity index is 696. The molecule has 1 aromatic rings. The predicted octanol–water partition coefficient (Wildman–Crippen LogP) is 4.43. The highest BCUT2D eigenvalue weighted by molar-refractivity contribution is 6.06. The molecule has 9 heteroatoms. The van der Waals surface area contributed by atoms with Gasteiger partial charge in [0.2, 0.25) is 0 Å². The van der Waals surface area contributed by atoms with Gasteiger partial charge in [-0.25, -0.2) is 0 Å². The van der Waals surface area contributed by atoms with Gasteiger partial charge in [-0.3, -0.25) is 20.2 Å². The summed E-state index contributed by atoms with van der Waals surface area (Å²) in [5.41, 5.74) is -0.383. The average molecular weight is 352 g/mol. The number of benzene rings is 1. The molecule has 0 amide bonds. The van der Waals surface area contributed by atoms with Crippen molar-refractivity contribution in [3.05, 3.63) is 37.4 Å². The Morgan fingerprint density at radius 3 is 2.16 bits per heavy atom. The molecule has 0 aliphatic carbocycles. The summed E-state index contributed by atoms with van der Waals surface area (Å²) in [5, 5.41) is 38.5. The van der Waals surface area contributed by atoms with Crippen molar-refractivity contribution in [2.45, 2.75) is 59.4 Å². The van der Waals surface area contributed by atoms with E-state index >= 15 is 0 Å². The fourth-order valence-corrected chi connectivity index (χ4v) is 2.73. The maximum Gasteiger partial charge on any atom is 0.308 e. The van der Waals surface area contributed by atoms with E-state index in [4.69, 9.17) is 5.21 Å². The van der Waals surface area contributed by atoms with E-state index < -0.39 is 15.5 Å². The van der Waals surface area contributed by atoms with Crippen LogP contribution in [0.5, 0.6) is 0 Å². The molecule has 0 heterocycles. The first-order chi connectivity index (χ1) is 11.7. The lowest BCUT2D eigenvalue weighted by atomic mass is 9.91. The molecule has 0 unspecified atom stereocenters. The van der Waals surface area contributed by atoms with Gasteiger partial charge in [0.05, 0.1) is 21.1 Å². The van der Waals surface area contributed by atoms with Gasteiger partial charge < -0.3 is 10.5 Å². The van der Waals surface area contributed by atoms with E-state index in [-0.39, 0.29) is 34.6 Å². The predicted molar refractivity (Wildman–Crippen MR) is 95.8 cm³/mol. The molecule has 0 radical (unpaired) electrons. The van der Waals surface area contributed by atoms with E-state index in [1.807, 2.05) is 13.8 Å². The lowest BCUT2D eigenvalue weighted by molar-refractivity contribution is -0.392. The van der Waals surface area contributed by atoms with Crippen molar-refractivity contribution in [2.24, 2.45) is 5.16 Å². The van der Waals surface area contributed by atoms with Gasteiger partial charge in [0.15, 0.2) is 5.69 Å². The van der Waals surface area contributed by atoms with E-state index in [9.17, 15) is 20.2 Å². The van der Waals surface area contributed by atoms with Crippen molar-refractivity contribution in [2.75, 3.05) is 5.32 Å². The van der Waals surface area contributed by atoms with Gasteiger partial charge in [0, 0.05) is 12.1 Å². The van der Waals surface area contributed by atoms with E-state index in [1.54, 1.807) is 13.8 Å². The molecule has 0 aliphatic rings. The molecule has 0 aromatic heterocycles. The molecule has 2 N–H and O–H groups in total. The number of nitrogens with one attached hydrogen (secondary N) is 1. The number of nitrogens with zero attached hydrogens (tertiary/aromatic N) is 3. The molecule has 0 spiro atoms. The minimum Gasteiger partial charge on any atom is -0.411 e. The summed E-state index contributed by atoms with van der Waals surface area (Å²) in [4.78, 5) is 22.0. The van der Waals surface area contributed by atoms with Crippen molar-refractivity contribution < 1.29 is 15.1 Å². The molecule has 0 aliphatic heterocycles. The van der Waals surface area contributed by atoms with Crippen LogP contribution in [-0.2, 0) is 0 Å². The fourth-order valence-electron chi connectivity index (χ4n) is 2.73. The number of hydrogen-bond donors (Lipinski definition) is 2. The van der Waals surface area contributed by atoms with Gasteiger partial charge in [-0.2, -0.15) is 0 Å². The molecule has 9 nitrogen and oxygen atoms in total. The van der Waals surface area contributed by atoms with Crippen LogP contribution < -0.4 is 5.32 Å². The molecule has 138 valence electrons. The standard InChI is InChI=1S/C16H24N4O5/c1-6-11(7-2)17-15-13(19(22)23)8-12(9(3)4)14(10(5)18-21)16(15)20(24)25/h8-9,11,17,21H,6-7H2,1-5H3. The van der Waals surface area contributed by atoms with E-state index in [0.29, 0.717) is 18.4 Å². The summed E-state index contributed by atoms with van der Waals surface area (Å²) in [6.07, 6.45) is 1.30. The molecular formula is C16H24N4O5. The van der Waals surface area contributed by atoms with Crippen molar-refractivity contribution in [1.29, 1.82) is 0 Å². The summed E-state index contributed by atoms with van der Waals surface area (Å²) >= 11 is 0. The number of nitro groups is 2. The second kappa shape index (κ2) is 8.41. The minimum atomic E-state index is -0.659. The summed E-state index contributed by atoms with van der Waals surface area (Å²) in [6.45, 7) is 8.75. The van der Waals surface area contributed by atoms with Gasteiger partial charge in [-0.1, -0.05) is 32.9 Å². The molecule has 1 rings (SSSR count). The third-order valence-electron chi connectivity index (χ3n) is 4.16. The lowest BCUT2D eigenvalue weighted by Crippen LogP contribution is -2.20. The van der Waals surface area contributed by atoms with Gasteiger partial charge >= 0.3 is 5.69 Å². The Hall–Kier alpha value is -2.71. The Kier molecular flexibility index (Phi) is 6.84. The van der Waals surface area contributed by atoms with Crippen LogP contribution in [0.4, 0.5) is 17.1 Å². The van der Waals surface area contributed by atoms with Crippen LogP contribution in [0.2, 0.25) is 0 Å². The van der Waals surface area contributed by atoms with Crippen LogP contribution in [0, 0.1) is 20.2 Å². The highest BCUT2D eigenvalue weighted by Gasteiger charge is 2.34. The normalized spacial score (nSPS) is 11.9. The van der Waals surface area contributed by atoms with E-state index in [2.05, 4.69) is 10.5 Å². The fraction of sp³-hybridized carbons (Fsp3) is 0.562. The van der Waals surface area contributed by atoms with Crippen LogP contribution in [0.15, 0.2) is 11.2 Å². The maximum atomic E-state index is 11.8. The monoisotopic (exact) mass is 352 g/mol. The largest absolute Gasteiger partial charge is 0.411 e. The van der Waals surface area contributed by atoms with Gasteiger partial charge in [-0.05, 0) is 31.2 Å². The zero-order valence-corrected chi connectivity index (χ0v) is 15.1. The van der Waals surface area contributed by atoms with Crippen LogP contribution in [0.25, 0.3) is 0 Å². The molecule has 1 aromatic carbocycles. The first-order valence-corrected chi connectivity index (χ1v) is 8.14. The molecule has 0 saturated carbocycles. The molecule has 0 fully saturated rings. The Balaban J connectivity index is 3.95. The smallest absolute Gasteiger partial charge is 0.308 e. The number of hydrogen-bond acceptors (Lipinski definition) is 7. The summed E-state index contributed by atoms with van der Waals surface area (Å²) in [6, 6.07) is 1.17. The Morgan fingerprint density at radius 1 is 1.24 bits per heavy atom. The molecule has 25 heavy (non-hydrogen) atoms. The van der Waals surface area contributed by atoms with Crippen LogP contribution in [0.3, 0.4) is 0 Å². The third kappa shape index (κ3) is 4.23. The van der Waals surface area contributed by atoms with Gasteiger partial charge in [-0.15, -0.1) is 0 Å². The van der Waals surface area contributed by atoms with Crippen molar-refractivity contribution in [3.63, 3.8) is 0 Å². The zero-order chi connectivity index (χ0) is 19.3. The van der Waals surface area contributed by atoms with Crippen molar-refractivity contribution in [3.8, 4) is 0 Å². The van der Waals surface area contributed by atoms with Crippen LogP contribution >= 0.6 is 0 Å². The van der Waals surface area contributed by atoms with Gasteiger partial charge in [0.1, 0.15) is 0 Å². The number of nitro benzene ring substituents is 2. The highest BCUT2D eigenvalue weighted by atomic mass is 16.6. The van der Waals surface area contributed by atoms with Crippen molar-refractivity contribution in [1.82, 2.24) is 0 Å². The van der Waals surface area contributed by atoms with E-state index in [1.165, 1.54) is 13.0 Å².